The van der Waals surface area contributed by atoms with Crippen LogP contribution in [-0.2, 0) is 9.84 Å². The molecule has 0 bridgehead atoms. The van der Waals surface area contributed by atoms with Gasteiger partial charge in [-0.3, -0.25) is 4.99 Å². The van der Waals surface area contributed by atoms with Gasteiger partial charge in [0.2, 0.25) is 0 Å². The molecular formula is C12H28IN3O2S2. The molecule has 0 spiro atoms. The highest BCUT2D eigenvalue weighted by atomic mass is 127. The van der Waals surface area contributed by atoms with Crippen molar-refractivity contribution in [2.75, 3.05) is 31.9 Å². The monoisotopic (exact) mass is 437 g/mol. The van der Waals surface area contributed by atoms with E-state index in [-0.39, 0.29) is 40.5 Å². The van der Waals surface area contributed by atoms with Crippen molar-refractivity contribution < 1.29 is 8.42 Å². The first-order chi connectivity index (χ1) is 8.59. The number of sulfone groups is 1. The highest BCUT2D eigenvalue weighted by Gasteiger charge is 2.17. The first kappa shape index (κ1) is 22.6. The maximum atomic E-state index is 11.1. The number of hydrogen-bond donors (Lipinski definition) is 2. The summed E-state index contributed by atoms with van der Waals surface area (Å²) in [5, 5.41) is 6.46. The van der Waals surface area contributed by atoms with E-state index in [1.807, 2.05) is 6.92 Å². The molecule has 5 nitrogen and oxygen atoms in total. The second-order valence-electron chi connectivity index (χ2n) is 5.35. The van der Waals surface area contributed by atoms with Crippen molar-refractivity contribution in [1.29, 1.82) is 0 Å². The molecule has 0 aromatic rings. The molecule has 20 heavy (non-hydrogen) atoms. The van der Waals surface area contributed by atoms with Crippen LogP contribution in [-0.4, -0.2) is 57.0 Å². The molecule has 0 saturated carbocycles. The van der Waals surface area contributed by atoms with Gasteiger partial charge in [-0.05, 0) is 33.4 Å². The van der Waals surface area contributed by atoms with E-state index in [0.29, 0.717) is 12.4 Å². The number of halogens is 1. The highest BCUT2D eigenvalue weighted by Crippen LogP contribution is 2.19. The van der Waals surface area contributed by atoms with Crippen LogP contribution in [0.2, 0.25) is 0 Å². The molecule has 0 aromatic carbocycles. The van der Waals surface area contributed by atoms with Crippen LogP contribution in [0.5, 0.6) is 0 Å². The SMILES string of the molecule is CN=C(NCC(C)(C)SC)NC(C)CCS(C)(=O)=O.I. The summed E-state index contributed by atoms with van der Waals surface area (Å²) in [4.78, 5) is 4.15. The van der Waals surface area contributed by atoms with Gasteiger partial charge < -0.3 is 10.6 Å². The van der Waals surface area contributed by atoms with Crippen LogP contribution in [0.15, 0.2) is 4.99 Å². The number of nitrogens with zero attached hydrogens (tertiary/aromatic N) is 1. The fourth-order valence-electron chi connectivity index (χ4n) is 1.26. The summed E-state index contributed by atoms with van der Waals surface area (Å²) in [5.74, 6) is 0.900. The lowest BCUT2D eigenvalue weighted by Crippen LogP contribution is -2.46. The summed E-state index contributed by atoms with van der Waals surface area (Å²) in [7, 11) is -1.19. The molecule has 0 aliphatic carbocycles. The van der Waals surface area contributed by atoms with E-state index in [1.54, 1.807) is 18.8 Å². The summed E-state index contributed by atoms with van der Waals surface area (Å²) in [5.41, 5.74) is 0. The lowest BCUT2D eigenvalue weighted by Gasteiger charge is -2.25. The zero-order valence-electron chi connectivity index (χ0n) is 13.2. The normalized spacial score (nSPS) is 14.4. The first-order valence-corrected chi connectivity index (χ1v) is 9.58. The molecule has 1 atom stereocenters. The Morgan fingerprint density at radius 2 is 1.95 bits per heavy atom. The molecule has 0 heterocycles. The van der Waals surface area contributed by atoms with Crippen molar-refractivity contribution >= 4 is 51.5 Å². The van der Waals surface area contributed by atoms with E-state index in [1.165, 1.54) is 6.26 Å². The van der Waals surface area contributed by atoms with Crippen molar-refractivity contribution in [2.45, 2.75) is 38.0 Å². The molecule has 0 amide bonds. The van der Waals surface area contributed by atoms with E-state index < -0.39 is 9.84 Å². The summed E-state index contributed by atoms with van der Waals surface area (Å²) in [6.07, 6.45) is 3.91. The van der Waals surface area contributed by atoms with Gasteiger partial charge in [-0.25, -0.2) is 8.42 Å². The third-order valence-corrected chi connectivity index (χ3v) is 4.99. The van der Waals surface area contributed by atoms with Gasteiger partial charge in [0.05, 0.1) is 5.75 Å². The van der Waals surface area contributed by atoms with Crippen molar-refractivity contribution in [3.8, 4) is 0 Å². The lowest BCUT2D eigenvalue weighted by atomic mass is 10.2. The number of nitrogens with one attached hydrogen (secondary N) is 2. The Labute approximate surface area is 145 Å². The molecule has 1 unspecified atom stereocenters. The van der Waals surface area contributed by atoms with Crippen LogP contribution in [0.3, 0.4) is 0 Å². The van der Waals surface area contributed by atoms with Gasteiger partial charge in [-0.1, -0.05) is 0 Å². The standard InChI is InChI=1S/C12H27N3O2S2.HI/c1-10(7-8-19(6,16)17)15-11(13-4)14-9-12(2,3)18-5;/h10H,7-9H2,1-6H3,(H2,13,14,15);1H. The zero-order chi connectivity index (χ0) is 15.1. The second-order valence-corrected chi connectivity index (χ2v) is 9.13. The molecule has 0 saturated heterocycles. The van der Waals surface area contributed by atoms with Crippen LogP contribution < -0.4 is 10.6 Å². The van der Waals surface area contributed by atoms with Gasteiger partial charge in [-0.15, -0.1) is 24.0 Å². The first-order valence-electron chi connectivity index (χ1n) is 6.29. The average molecular weight is 437 g/mol. The van der Waals surface area contributed by atoms with Gasteiger partial charge >= 0.3 is 0 Å². The Bertz CT molecular complexity index is 398. The molecule has 122 valence electrons. The van der Waals surface area contributed by atoms with Crippen LogP contribution in [0.4, 0.5) is 0 Å². The summed E-state index contributed by atoms with van der Waals surface area (Å²) in [6, 6.07) is 0.0679. The van der Waals surface area contributed by atoms with Crippen molar-refractivity contribution in [1.82, 2.24) is 10.6 Å². The molecule has 2 N–H and O–H groups in total. The average Bonchev–Trinajstić information content (AvgIpc) is 2.31. The summed E-state index contributed by atoms with van der Waals surface area (Å²) in [6.45, 7) is 7.07. The predicted octanol–water partition coefficient (Wildman–Crippen LogP) is 1.73. The zero-order valence-corrected chi connectivity index (χ0v) is 17.2. The largest absolute Gasteiger partial charge is 0.355 e. The minimum atomic E-state index is -2.90. The maximum Gasteiger partial charge on any atom is 0.191 e. The maximum absolute atomic E-state index is 11.1. The quantitative estimate of drug-likeness (QED) is 0.361. The van der Waals surface area contributed by atoms with E-state index >= 15 is 0 Å². The Hall–Kier alpha value is 0.300. The van der Waals surface area contributed by atoms with Crippen LogP contribution in [0, 0.1) is 0 Å². The molecule has 0 aromatic heterocycles. The molecule has 0 rings (SSSR count). The topological polar surface area (TPSA) is 70.6 Å². The fraction of sp³-hybridized carbons (Fsp3) is 0.917. The van der Waals surface area contributed by atoms with Gasteiger partial charge in [0.15, 0.2) is 5.96 Å². The summed E-state index contributed by atoms with van der Waals surface area (Å²) < 4.78 is 22.4. The van der Waals surface area contributed by atoms with Gasteiger partial charge in [0.1, 0.15) is 9.84 Å². The Balaban J connectivity index is 0. The van der Waals surface area contributed by atoms with Crippen LogP contribution in [0.25, 0.3) is 0 Å². The number of hydrogen-bond acceptors (Lipinski definition) is 4. The van der Waals surface area contributed by atoms with Crippen molar-refractivity contribution in [3.05, 3.63) is 0 Å². The van der Waals surface area contributed by atoms with Crippen molar-refractivity contribution in [2.24, 2.45) is 4.99 Å². The van der Waals surface area contributed by atoms with E-state index in [2.05, 4.69) is 35.7 Å². The van der Waals surface area contributed by atoms with E-state index in [9.17, 15) is 8.42 Å². The molecule has 0 fully saturated rings. The number of thioether (sulfide) groups is 1. The van der Waals surface area contributed by atoms with E-state index in [0.717, 1.165) is 6.54 Å². The molecule has 0 aliphatic rings. The highest BCUT2D eigenvalue weighted by molar-refractivity contribution is 14.0. The molecule has 0 aliphatic heterocycles. The lowest BCUT2D eigenvalue weighted by molar-refractivity contribution is 0.578. The third kappa shape index (κ3) is 12.1. The Morgan fingerprint density at radius 1 is 1.40 bits per heavy atom. The van der Waals surface area contributed by atoms with Crippen LogP contribution in [0.1, 0.15) is 27.2 Å². The number of aliphatic imine (C=N–C) groups is 1. The number of guanidine groups is 1. The smallest absolute Gasteiger partial charge is 0.191 e. The van der Waals surface area contributed by atoms with Crippen LogP contribution >= 0.6 is 35.7 Å². The minimum Gasteiger partial charge on any atom is -0.355 e. The predicted molar refractivity (Wildman–Crippen MR) is 101 cm³/mol. The third-order valence-electron chi connectivity index (χ3n) is 2.76. The number of rotatable bonds is 7. The summed E-state index contributed by atoms with van der Waals surface area (Å²) >= 11 is 1.79. The Morgan fingerprint density at radius 3 is 2.35 bits per heavy atom. The Kier molecular flexibility index (Phi) is 11.4. The van der Waals surface area contributed by atoms with Crippen molar-refractivity contribution in [3.63, 3.8) is 0 Å². The molecule has 8 heteroatoms. The fourth-order valence-corrected chi connectivity index (χ4v) is 2.26. The van der Waals surface area contributed by atoms with Gasteiger partial charge in [-0.2, -0.15) is 11.8 Å². The minimum absolute atomic E-state index is 0. The van der Waals surface area contributed by atoms with Gasteiger partial charge in [0.25, 0.3) is 0 Å². The molecular weight excluding hydrogens is 409 g/mol. The second kappa shape index (κ2) is 10.1. The van der Waals surface area contributed by atoms with E-state index in [4.69, 9.17) is 0 Å². The van der Waals surface area contributed by atoms with Gasteiger partial charge in [0, 0.05) is 30.6 Å². The molecule has 0 radical (unpaired) electrons.